The highest BCUT2D eigenvalue weighted by Crippen LogP contribution is 2.47. The Bertz CT molecular complexity index is 1660. The highest BCUT2D eigenvalue weighted by atomic mass is 35.5. The Balaban J connectivity index is 1.44. The fraction of sp³-hybridized carbons (Fsp3) is 0.185. The van der Waals surface area contributed by atoms with Gasteiger partial charge in [-0.05, 0) is 61.4 Å². The maximum Gasteiger partial charge on any atom is 0.315 e. The number of methoxy groups -OCH3 is 1. The van der Waals surface area contributed by atoms with Gasteiger partial charge in [0.05, 0.1) is 28.9 Å². The van der Waals surface area contributed by atoms with E-state index in [0.717, 1.165) is 3.97 Å². The van der Waals surface area contributed by atoms with Crippen molar-refractivity contribution in [1.82, 2.24) is 3.97 Å². The molecule has 1 heterocycles. The third kappa shape index (κ3) is 4.68. The number of hydrogen-bond acceptors (Lipinski definition) is 7. The van der Waals surface area contributed by atoms with Gasteiger partial charge in [-0.1, -0.05) is 29.8 Å². The van der Waals surface area contributed by atoms with E-state index in [4.69, 9.17) is 26.8 Å². The predicted molar refractivity (Wildman–Crippen MR) is 144 cm³/mol. The molecule has 3 N–H and O–H groups in total. The first kappa shape index (κ1) is 25.6. The van der Waals surface area contributed by atoms with Gasteiger partial charge in [0.1, 0.15) is 23.5 Å². The molecule has 0 saturated heterocycles. The number of halogens is 1. The van der Waals surface area contributed by atoms with Gasteiger partial charge in [0.2, 0.25) is 0 Å². The van der Waals surface area contributed by atoms with E-state index in [1.165, 1.54) is 31.4 Å². The molecule has 4 aromatic rings. The number of amides is 1. The van der Waals surface area contributed by atoms with E-state index in [9.17, 15) is 18.0 Å². The van der Waals surface area contributed by atoms with Crippen LogP contribution >= 0.6 is 11.6 Å². The molecule has 196 valence electrons. The lowest BCUT2D eigenvalue weighted by Crippen LogP contribution is -2.24. The van der Waals surface area contributed by atoms with Crippen molar-refractivity contribution in [2.75, 3.05) is 24.8 Å². The number of nitrogen functional groups attached to an aromatic ring is 1. The molecule has 11 heteroatoms. The number of fused-ring (bicyclic) bond motifs is 1. The molecule has 1 aromatic heterocycles. The third-order valence-corrected chi connectivity index (χ3v) is 8.47. The van der Waals surface area contributed by atoms with Gasteiger partial charge in [0, 0.05) is 16.5 Å². The van der Waals surface area contributed by atoms with Crippen molar-refractivity contribution in [3.8, 4) is 5.75 Å². The number of nitrogens with zero attached hydrogens (tertiary/aromatic N) is 1. The number of carbonyl (C=O) groups is 2. The monoisotopic (exact) mass is 553 g/mol. The van der Waals surface area contributed by atoms with E-state index in [0.29, 0.717) is 34.5 Å². The van der Waals surface area contributed by atoms with Crippen molar-refractivity contribution >= 4 is 55.8 Å². The van der Waals surface area contributed by atoms with Gasteiger partial charge < -0.3 is 20.5 Å². The summed E-state index contributed by atoms with van der Waals surface area (Å²) < 4.78 is 38.8. The van der Waals surface area contributed by atoms with Gasteiger partial charge in [0.15, 0.2) is 0 Å². The maximum atomic E-state index is 13.6. The van der Waals surface area contributed by atoms with Crippen LogP contribution in [0.1, 0.15) is 23.3 Å². The largest absolute Gasteiger partial charge is 0.492 e. The number of nitrogens with two attached hydrogens (primary N) is 1. The average Bonchev–Trinajstić information content (AvgIpc) is 3.61. The lowest BCUT2D eigenvalue weighted by atomic mass is 10.1. The number of esters is 1. The molecule has 1 amide bonds. The lowest BCUT2D eigenvalue weighted by molar-refractivity contribution is -0.148. The molecular formula is C27H24ClN3O6S. The molecule has 9 nitrogen and oxygen atoms in total. The van der Waals surface area contributed by atoms with Crippen LogP contribution in [0.15, 0.2) is 77.7 Å². The van der Waals surface area contributed by atoms with Crippen molar-refractivity contribution in [1.29, 1.82) is 0 Å². The minimum absolute atomic E-state index is 0.0305. The molecule has 3 aromatic carbocycles. The number of ether oxygens (including phenoxy) is 2. The summed E-state index contributed by atoms with van der Waals surface area (Å²) in [5, 5.41) is 3.58. The Labute approximate surface area is 224 Å². The standard InChI is InChI=1S/C27H24ClN3O6S/c1-36-26(33)27(11-12-27)16-37-19-8-9-22(21(29)15-19)30-25(32)24-14-17-13-18(28)7-10-23(17)31(24)38(34,35)20-5-3-2-4-6-20/h2-10,13-15H,11-12,16,29H2,1H3,(H,30,32). The number of carbonyl (C=O) groups excluding carboxylic acids is 2. The summed E-state index contributed by atoms with van der Waals surface area (Å²) in [4.78, 5) is 25.4. The van der Waals surface area contributed by atoms with Gasteiger partial charge >= 0.3 is 5.97 Å². The van der Waals surface area contributed by atoms with E-state index in [1.807, 2.05) is 0 Å². The highest BCUT2D eigenvalue weighted by molar-refractivity contribution is 7.90. The summed E-state index contributed by atoms with van der Waals surface area (Å²) in [6.07, 6.45) is 1.38. The molecule has 0 bridgehead atoms. The van der Waals surface area contributed by atoms with Crippen LogP contribution in [0.25, 0.3) is 10.9 Å². The second-order valence-corrected chi connectivity index (χ2v) is 11.3. The number of aromatic nitrogens is 1. The summed E-state index contributed by atoms with van der Waals surface area (Å²) in [6.45, 7) is 0.158. The van der Waals surface area contributed by atoms with Crippen LogP contribution in [0.3, 0.4) is 0 Å². The predicted octanol–water partition coefficient (Wildman–Crippen LogP) is 4.70. The smallest absolute Gasteiger partial charge is 0.315 e. The topological polar surface area (TPSA) is 130 Å². The fourth-order valence-electron chi connectivity index (χ4n) is 4.20. The van der Waals surface area contributed by atoms with Crippen LogP contribution in [0.2, 0.25) is 5.02 Å². The molecule has 0 spiro atoms. The molecule has 38 heavy (non-hydrogen) atoms. The first-order valence-corrected chi connectivity index (χ1v) is 13.5. The summed E-state index contributed by atoms with van der Waals surface area (Å²) in [5.41, 5.74) is 6.21. The quantitative estimate of drug-likeness (QED) is 0.239. The van der Waals surface area contributed by atoms with Crippen molar-refractivity contribution in [2.45, 2.75) is 17.7 Å². The van der Waals surface area contributed by atoms with E-state index in [-0.39, 0.29) is 34.5 Å². The molecule has 0 aliphatic heterocycles. The third-order valence-electron chi connectivity index (χ3n) is 6.49. The highest BCUT2D eigenvalue weighted by Gasteiger charge is 2.52. The maximum absolute atomic E-state index is 13.6. The van der Waals surface area contributed by atoms with Gasteiger partial charge in [-0.3, -0.25) is 9.59 Å². The molecule has 1 aliphatic rings. The van der Waals surface area contributed by atoms with Gasteiger partial charge in [0.25, 0.3) is 15.9 Å². The Morgan fingerprint density at radius 1 is 1.05 bits per heavy atom. The average molecular weight is 554 g/mol. The summed E-state index contributed by atoms with van der Waals surface area (Å²) >= 11 is 6.13. The molecule has 1 aliphatic carbocycles. The molecule has 1 saturated carbocycles. The van der Waals surface area contributed by atoms with Crippen LogP contribution in [-0.4, -0.2) is 38.0 Å². The number of nitrogens with one attached hydrogen (secondary N) is 1. The van der Waals surface area contributed by atoms with Crippen LogP contribution in [0.4, 0.5) is 11.4 Å². The summed E-state index contributed by atoms with van der Waals surface area (Å²) in [5.74, 6) is -0.567. The number of benzene rings is 3. The Morgan fingerprint density at radius 2 is 1.79 bits per heavy atom. The zero-order valence-corrected chi connectivity index (χ0v) is 21.9. The lowest BCUT2D eigenvalue weighted by Gasteiger charge is -2.16. The zero-order valence-electron chi connectivity index (χ0n) is 20.3. The van der Waals surface area contributed by atoms with Crippen molar-refractivity contribution in [3.63, 3.8) is 0 Å². The molecule has 0 radical (unpaired) electrons. The summed E-state index contributed by atoms with van der Waals surface area (Å²) in [7, 11) is -2.78. The van der Waals surface area contributed by atoms with E-state index in [1.54, 1.807) is 48.5 Å². The van der Waals surface area contributed by atoms with Crippen LogP contribution in [-0.2, 0) is 19.6 Å². The normalized spacial score (nSPS) is 14.2. The minimum Gasteiger partial charge on any atom is -0.492 e. The SMILES string of the molecule is COC(=O)C1(COc2ccc(NC(=O)c3cc4cc(Cl)ccc4n3S(=O)(=O)c3ccccc3)c(N)c2)CC1. The number of hydrogen-bond donors (Lipinski definition) is 2. The first-order chi connectivity index (χ1) is 18.1. The van der Waals surface area contributed by atoms with Crippen LogP contribution in [0, 0.1) is 5.41 Å². The molecule has 5 rings (SSSR count). The molecular weight excluding hydrogens is 530 g/mol. The zero-order chi connectivity index (χ0) is 27.1. The van der Waals surface area contributed by atoms with E-state index < -0.39 is 21.3 Å². The number of rotatable bonds is 8. The molecule has 0 unspecified atom stereocenters. The van der Waals surface area contributed by atoms with Gasteiger partial charge in [-0.25, -0.2) is 12.4 Å². The minimum atomic E-state index is -4.12. The van der Waals surface area contributed by atoms with Crippen molar-refractivity contribution < 1.29 is 27.5 Å². The molecule has 1 fully saturated rings. The van der Waals surface area contributed by atoms with Crippen LogP contribution in [0.5, 0.6) is 5.75 Å². The second-order valence-electron chi connectivity index (χ2n) is 9.08. The fourth-order valence-corrected chi connectivity index (χ4v) is 5.92. The van der Waals surface area contributed by atoms with Crippen molar-refractivity contribution in [3.05, 3.63) is 83.5 Å². The summed E-state index contributed by atoms with van der Waals surface area (Å²) in [6, 6.07) is 18.7. The Hall–Kier alpha value is -4.02. The molecule has 0 atom stereocenters. The van der Waals surface area contributed by atoms with Gasteiger partial charge in [-0.15, -0.1) is 0 Å². The van der Waals surface area contributed by atoms with Crippen molar-refractivity contribution in [2.24, 2.45) is 5.41 Å². The Morgan fingerprint density at radius 3 is 2.45 bits per heavy atom. The number of anilines is 2. The van der Waals surface area contributed by atoms with E-state index >= 15 is 0 Å². The Kier molecular flexibility index (Phi) is 6.54. The second kappa shape index (κ2) is 9.70. The van der Waals surface area contributed by atoms with E-state index in [2.05, 4.69) is 5.32 Å². The van der Waals surface area contributed by atoms with Gasteiger partial charge in [-0.2, -0.15) is 0 Å². The first-order valence-electron chi connectivity index (χ1n) is 11.7. The van der Waals surface area contributed by atoms with Crippen LogP contribution < -0.4 is 15.8 Å².